The van der Waals surface area contributed by atoms with Gasteiger partial charge in [-0.1, -0.05) is 30.3 Å². The van der Waals surface area contributed by atoms with Gasteiger partial charge in [0.05, 0.1) is 11.6 Å². The fraction of sp³-hybridized carbons (Fsp3) is 0.176. The summed E-state index contributed by atoms with van der Waals surface area (Å²) in [6, 6.07) is 13.3. The standard InChI is InChI=1S/C17H16FN3O2/c1-11(10-23-15-9-5-3-7-13(15)18)19-17(22)16-12-6-2-4-8-14(12)20-21-16/h2-9,11H,10H2,1H3,(H,19,22)(H,20,21). The SMILES string of the molecule is CC(COc1ccccc1F)NC(=O)c1n[nH]c2ccccc12. The van der Waals surface area contributed by atoms with Crippen molar-refractivity contribution in [3.63, 3.8) is 0 Å². The van der Waals surface area contributed by atoms with Crippen LogP contribution in [-0.4, -0.2) is 28.8 Å². The summed E-state index contributed by atoms with van der Waals surface area (Å²) < 4.78 is 18.9. The number of rotatable bonds is 5. The lowest BCUT2D eigenvalue weighted by Gasteiger charge is -2.14. The van der Waals surface area contributed by atoms with Gasteiger partial charge in [0.2, 0.25) is 0 Å². The number of amides is 1. The van der Waals surface area contributed by atoms with Gasteiger partial charge in [0, 0.05) is 5.39 Å². The van der Waals surface area contributed by atoms with Gasteiger partial charge < -0.3 is 10.1 Å². The molecule has 0 aliphatic heterocycles. The molecule has 2 N–H and O–H groups in total. The molecule has 1 heterocycles. The van der Waals surface area contributed by atoms with Crippen molar-refractivity contribution < 1.29 is 13.9 Å². The Labute approximate surface area is 132 Å². The number of para-hydroxylation sites is 2. The first kappa shape index (κ1) is 15.0. The average molecular weight is 313 g/mol. The number of hydrogen-bond donors (Lipinski definition) is 2. The molecule has 1 amide bonds. The third-order valence-electron chi connectivity index (χ3n) is 3.39. The molecule has 118 valence electrons. The second-order valence-corrected chi connectivity index (χ2v) is 5.23. The zero-order valence-electron chi connectivity index (χ0n) is 12.5. The minimum atomic E-state index is -0.427. The molecular formula is C17H16FN3O2. The number of aromatic nitrogens is 2. The minimum Gasteiger partial charge on any atom is -0.488 e. The number of nitrogens with zero attached hydrogens (tertiary/aromatic N) is 1. The molecule has 3 rings (SSSR count). The molecular weight excluding hydrogens is 297 g/mol. The van der Waals surface area contributed by atoms with E-state index in [1.54, 1.807) is 25.1 Å². The Balaban J connectivity index is 1.62. The number of hydrogen-bond acceptors (Lipinski definition) is 3. The fourth-order valence-corrected chi connectivity index (χ4v) is 2.25. The summed E-state index contributed by atoms with van der Waals surface area (Å²) in [5, 5.41) is 10.4. The zero-order chi connectivity index (χ0) is 16.2. The van der Waals surface area contributed by atoms with Crippen molar-refractivity contribution in [2.24, 2.45) is 0 Å². The van der Waals surface area contributed by atoms with Gasteiger partial charge in [-0.05, 0) is 25.1 Å². The van der Waals surface area contributed by atoms with Crippen molar-refractivity contribution >= 4 is 16.8 Å². The normalized spacial score (nSPS) is 12.1. The molecule has 0 aliphatic rings. The molecule has 6 heteroatoms. The van der Waals surface area contributed by atoms with Crippen LogP contribution in [0.2, 0.25) is 0 Å². The van der Waals surface area contributed by atoms with Crippen molar-refractivity contribution in [3.05, 3.63) is 60.0 Å². The van der Waals surface area contributed by atoms with Gasteiger partial charge in [-0.25, -0.2) is 4.39 Å². The van der Waals surface area contributed by atoms with Crippen LogP contribution in [0.1, 0.15) is 17.4 Å². The lowest BCUT2D eigenvalue weighted by molar-refractivity contribution is 0.0922. The summed E-state index contributed by atoms with van der Waals surface area (Å²) in [5.41, 5.74) is 1.13. The van der Waals surface area contributed by atoms with E-state index < -0.39 is 5.82 Å². The molecule has 2 aromatic carbocycles. The van der Waals surface area contributed by atoms with Gasteiger partial charge in [0.25, 0.3) is 5.91 Å². The molecule has 0 radical (unpaired) electrons. The van der Waals surface area contributed by atoms with Crippen molar-refractivity contribution in [2.45, 2.75) is 13.0 Å². The molecule has 3 aromatic rings. The third-order valence-corrected chi connectivity index (χ3v) is 3.39. The topological polar surface area (TPSA) is 67.0 Å². The highest BCUT2D eigenvalue weighted by Gasteiger charge is 2.16. The summed E-state index contributed by atoms with van der Waals surface area (Å²) in [6.07, 6.45) is 0. The van der Waals surface area contributed by atoms with Gasteiger partial charge in [0.15, 0.2) is 17.3 Å². The van der Waals surface area contributed by atoms with E-state index in [1.165, 1.54) is 6.07 Å². The third kappa shape index (κ3) is 3.31. The van der Waals surface area contributed by atoms with Crippen molar-refractivity contribution in [1.82, 2.24) is 15.5 Å². The number of H-pyrrole nitrogens is 1. The highest BCUT2D eigenvalue weighted by atomic mass is 19.1. The number of ether oxygens (including phenoxy) is 1. The summed E-state index contributed by atoms with van der Waals surface area (Å²) >= 11 is 0. The maximum atomic E-state index is 13.5. The number of aromatic amines is 1. The van der Waals surface area contributed by atoms with E-state index in [1.807, 2.05) is 24.3 Å². The monoisotopic (exact) mass is 313 g/mol. The second kappa shape index (κ2) is 6.48. The maximum absolute atomic E-state index is 13.5. The zero-order valence-corrected chi connectivity index (χ0v) is 12.5. The van der Waals surface area contributed by atoms with Crippen LogP contribution < -0.4 is 10.1 Å². The van der Waals surface area contributed by atoms with Gasteiger partial charge in [0.1, 0.15) is 6.61 Å². The number of fused-ring (bicyclic) bond motifs is 1. The van der Waals surface area contributed by atoms with E-state index >= 15 is 0 Å². The van der Waals surface area contributed by atoms with E-state index in [0.717, 1.165) is 10.9 Å². The lowest BCUT2D eigenvalue weighted by atomic mass is 10.2. The van der Waals surface area contributed by atoms with Gasteiger partial charge in [-0.15, -0.1) is 0 Å². The van der Waals surface area contributed by atoms with E-state index in [2.05, 4.69) is 15.5 Å². The number of nitrogens with one attached hydrogen (secondary N) is 2. The summed E-state index contributed by atoms with van der Waals surface area (Å²) in [4.78, 5) is 12.3. The second-order valence-electron chi connectivity index (χ2n) is 5.23. The first-order valence-corrected chi connectivity index (χ1v) is 7.26. The Morgan fingerprint density at radius 1 is 1.26 bits per heavy atom. The molecule has 5 nitrogen and oxygen atoms in total. The van der Waals surface area contributed by atoms with E-state index in [-0.39, 0.29) is 24.3 Å². The van der Waals surface area contributed by atoms with Gasteiger partial charge in [-0.2, -0.15) is 5.10 Å². The van der Waals surface area contributed by atoms with Crippen molar-refractivity contribution in [3.8, 4) is 5.75 Å². The van der Waals surface area contributed by atoms with E-state index in [4.69, 9.17) is 4.74 Å². The Kier molecular flexibility index (Phi) is 4.23. The molecule has 1 unspecified atom stereocenters. The maximum Gasteiger partial charge on any atom is 0.272 e. The Morgan fingerprint density at radius 3 is 2.83 bits per heavy atom. The number of halogens is 1. The largest absolute Gasteiger partial charge is 0.488 e. The smallest absolute Gasteiger partial charge is 0.272 e. The summed E-state index contributed by atoms with van der Waals surface area (Å²) in [6.45, 7) is 1.95. The van der Waals surface area contributed by atoms with E-state index in [0.29, 0.717) is 5.69 Å². The van der Waals surface area contributed by atoms with Crippen LogP contribution >= 0.6 is 0 Å². The Morgan fingerprint density at radius 2 is 2.00 bits per heavy atom. The molecule has 0 fully saturated rings. The predicted molar refractivity (Wildman–Crippen MR) is 84.9 cm³/mol. The minimum absolute atomic E-state index is 0.162. The molecule has 0 saturated heterocycles. The Bertz CT molecular complexity index is 831. The first-order chi connectivity index (χ1) is 11.1. The first-order valence-electron chi connectivity index (χ1n) is 7.26. The number of carbonyl (C=O) groups excluding carboxylic acids is 1. The number of benzene rings is 2. The van der Waals surface area contributed by atoms with Crippen LogP contribution in [0.25, 0.3) is 10.9 Å². The molecule has 0 spiro atoms. The molecule has 1 aromatic heterocycles. The Hall–Kier alpha value is -2.89. The molecule has 0 bridgehead atoms. The van der Waals surface area contributed by atoms with Crippen LogP contribution in [0.4, 0.5) is 4.39 Å². The van der Waals surface area contributed by atoms with Crippen molar-refractivity contribution in [2.75, 3.05) is 6.61 Å². The van der Waals surface area contributed by atoms with Crippen LogP contribution in [0.15, 0.2) is 48.5 Å². The number of carbonyl (C=O) groups is 1. The van der Waals surface area contributed by atoms with E-state index in [9.17, 15) is 9.18 Å². The highest BCUT2D eigenvalue weighted by Crippen LogP contribution is 2.16. The predicted octanol–water partition coefficient (Wildman–Crippen LogP) is 2.90. The van der Waals surface area contributed by atoms with Crippen LogP contribution in [0, 0.1) is 5.82 Å². The van der Waals surface area contributed by atoms with Crippen LogP contribution in [0.3, 0.4) is 0 Å². The molecule has 23 heavy (non-hydrogen) atoms. The van der Waals surface area contributed by atoms with Crippen LogP contribution in [0.5, 0.6) is 5.75 Å². The van der Waals surface area contributed by atoms with Crippen molar-refractivity contribution in [1.29, 1.82) is 0 Å². The molecule has 0 saturated carbocycles. The summed E-state index contributed by atoms with van der Waals surface area (Å²) in [7, 11) is 0. The molecule has 0 aliphatic carbocycles. The lowest BCUT2D eigenvalue weighted by Crippen LogP contribution is -2.37. The fourth-order valence-electron chi connectivity index (χ4n) is 2.25. The summed E-state index contributed by atoms with van der Waals surface area (Å²) in [5.74, 6) is -0.560. The molecule has 1 atom stereocenters. The quantitative estimate of drug-likeness (QED) is 0.761. The van der Waals surface area contributed by atoms with Gasteiger partial charge in [-0.3, -0.25) is 9.89 Å². The van der Waals surface area contributed by atoms with Crippen LogP contribution in [-0.2, 0) is 0 Å². The highest BCUT2D eigenvalue weighted by molar-refractivity contribution is 6.04. The average Bonchev–Trinajstić information content (AvgIpc) is 2.98. The van der Waals surface area contributed by atoms with Gasteiger partial charge >= 0.3 is 0 Å².